The lowest BCUT2D eigenvalue weighted by Gasteiger charge is -2.12. The third-order valence-electron chi connectivity index (χ3n) is 2.95. The largest absolute Gasteiger partial charge is 0.350 e. The molecule has 0 fully saturated rings. The lowest BCUT2D eigenvalue weighted by molar-refractivity contribution is 0.0946. The molecule has 4 N–H and O–H groups in total. The molecule has 6 nitrogen and oxygen atoms in total. The second kappa shape index (κ2) is 6.63. The number of nitrogen functional groups attached to an aromatic ring is 1. The number of hydrazine groups is 1. The van der Waals surface area contributed by atoms with Crippen molar-refractivity contribution in [1.82, 2.24) is 15.3 Å². The highest BCUT2D eigenvalue weighted by Gasteiger charge is 2.11. The van der Waals surface area contributed by atoms with Gasteiger partial charge in [0.25, 0.3) is 5.91 Å². The van der Waals surface area contributed by atoms with E-state index in [-0.39, 0.29) is 17.5 Å². The van der Waals surface area contributed by atoms with Gasteiger partial charge < -0.3 is 10.7 Å². The first-order valence-corrected chi connectivity index (χ1v) is 6.32. The van der Waals surface area contributed by atoms with Crippen LogP contribution < -0.4 is 16.6 Å². The standard InChI is InChI=1S/C14H17N5O/c1-10(11-5-3-2-4-6-11)7-17-14(20)12-8-16-9-13(18-12)19-15/h2-6,8-10H,7,15H2,1H3,(H,17,20)(H,18,19). The number of nitrogens with two attached hydrogens (primary N) is 1. The Morgan fingerprint density at radius 1 is 1.30 bits per heavy atom. The molecule has 104 valence electrons. The fraction of sp³-hybridized carbons (Fsp3) is 0.214. The van der Waals surface area contributed by atoms with Gasteiger partial charge in [0.2, 0.25) is 0 Å². The second-order valence-corrected chi connectivity index (χ2v) is 4.46. The van der Waals surface area contributed by atoms with Crippen LogP contribution in [0.15, 0.2) is 42.7 Å². The molecule has 1 aromatic heterocycles. The van der Waals surface area contributed by atoms with E-state index in [1.807, 2.05) is 30.3 Å². The highest BCUT2D eigenvalue weighted by atomic mass is 16.1. The van der Waals surface area contributed by atoms with Gasteiger partial charge >= 0.3 is 0 Å². The molecule has 6 heteroatoms. The van der Waals surface area contributed by atoms with E-state index in [4.69, 9.17) is 5.84 Å². The summed E-state index contributed by atoms with van der Waals surface area (Å²) in [6.07, 6.45) is 2.85. The summed E-state index contributed by atoms with van der Waals surface area (Å²) < 4.78 is 0. The molecule has 1 heterocycles. The molecule has 1 aromatic carbocycles. The van der Waals surface area contributed by atoms with Gasteiger partial charge in [0.05, 0.1) is 12.4 Å². The predicted octanol–water partition coefficient (Wildman–Crippen LogP) is 1.30. The zero-order chi connectivity index (χ0) is 14.4. The van der Waals surface area contributed by atoms with Crippen LogP contribution in [0.2, 0.25) is 0 Å². The SMILES string of the molecule is CC(CNC(=O)c1cncc(NN)n1)c1ccccc1. The molecule has 1 atom stereocenters. The highest BCUT2D eigenvalue weighted by molar-refractivity contribution is 5.92. The van der Waals surface area contributed by atoms with Gasteiger partial charge in [0, 0.05) is 6.54 Å². The minimum absolute atomic E-state index is 0.226. The van der Waals surface area contributed by atoms with E-state index >= 15 is 0 Å². The highest BCUT2D eigenvalue weighted by Crippen LogP contribution is 2.13. The summed E-state index contributed by atoms with van der Waals surface area (Å²) in [5.74, 6) is 5.55. The number of rotatable bonds is 5. The molecule has 20 heavy (non-hydrogen) atoms. The van der Waals surface area contributed by atoms with Crippen LogP contribution in [0.3, 0.4) is 0 Å². The van der Waals surface area contributed by atoms with Gasteiger partial charge in [-0.1, -0.05) is 37.3 Å². The molecule has 0 saturated heterocycles. The Balaban J connectivity index is 1.95. The number of hydrogen-bond donors (Lipinski definition) is 3. The molecule has 0 aliphatic heterocycles. The molecule has 1 unspecified atom stereocenters. The number of benzene rings is 1. The Labute approximate surface area is 117 Å². The van der Waals surface area contributed by atoms with Gasteiger partial charge in [-0.3, -0.25) is 9.78 Å². The normalized spacial score (nSPS) is 11.7. The predicted molar refractivity (Wildman–Crippen MR) is 77.0 cm³/mol. The molecular formula is C14H17N5O. The summed E-state index contributed by atoms with van der Waals surface area (Å²) in [4.78, 5) is 19.9. The van der Waals surface area contributed by atoms with Crippen LogP contribution >= 0.6 is 0 Å². The Bertz CT molecular complexity index is 573. The van der Waals surface area contributed by atoms with E-state index in [9.17, 15) is 4.79 Å². The van der Waals surface area contributed by atoms with Gasteiger partial charge in [0.1, 0.15) is 5.69 Å². The number of nitrogens with one attached hydrogen (secondary N) is 2. The Morgan fingerprint density at radius 3 is 2.75 bits per heavy atom. The van der Waals surface area contributed by atoms with Crippen LogP contribution in [0.25, 0.3) is 0 Å². The summed E-state index contributed by atoms with van der Waals surface area (Å²) in [7, 11) is 0. The van der Waals surface area contributed by atoms with Crippen LogP contribution in [0.5, 0.6) is 0 Å². The molecule has 0 aliphatic rings. The van der Waals surface area contributed by atoms with Gasteiger partial charge in [-0.25, -0.2) is 10.8 Å². The summed E-state index contributed by atoms with van der Waals surface area (Å²) >= 11 is 0. The quantitative estimate of drug-likeness (QED) is 0.563. The first-order chi connectivity index (χ1) is 9.70. The van der Waals surface area contributed by atoms with Crippen molar-refractivity contribution in [3.05, 3.63) is 54.0 Å². The molecular weight excluding hydrogens is 254 g/mol. The fourth-order valence-corrected chi connectivity index (χ4v) is 1.78. The number of nitrogens with zero attached hydrogens (tertiary/aromatic N) is 2. The number of carbonyl (C=O) groups excluding carboxylic acids is 1. The van der Waals surface area contributed by atoms with Gasteiger partial charge in [-0.05, 0) is 11.5 Å². The van der Waals surface area contributed by atoms with E-state index in [1.54, 1.807) is 0 Å². The monoisotopic (exact) mass is 271 g/mol. The summed E-state index contributed by atoms with van der Waals surface area (Å²) in [6, 6.07) is 10.0. The van der Waals surface area contributed by atoms with Crippen molar-refractivity contribution in [2.24, 2.45) is 5.84 Å². The van der Waals surface area contributed by atoms with Crippen molar-refractivity contribution in [3.63, 3.8) is 0 Å². The third-order valence-corrected chi connectivity index (χ3v) is 2.95. The van der Waals surface area contributed by atoms with E-state index in [0.717, 1.165) is 0 Å². The van der Waals surface area contributed by atoms with Gasteiger partial charge in [0.15, 0.2) is 5.82 Å². The number of aromatic nitrogens is 2. The average molecular weight is 271 g/mol. The van der Waals surface area contributed by atoms with Crippen LogP contribution in [-0.4, -0.2) is 22.4 Å². The first-order valence-electron chi connectivity index (χ1n) is 6.32. The van der Waals surface area contributed by atoms with E-state index in [0.29, 0.717) is 12.4 Å². The van der Waals surface area contributed by atoms with Gasteiger partial charge in [-0.2, -0.15) is 0 Å². The van der Waals surface area contributed by atoms with Crippen molar-refractivity contribution >= 4 is 11.7 Å². The molecule has 0 spiro atoms. The maximum absolute atomic E-state index is 12.0. The van der Waals surface area contributed by atoms with E-state index in [1.165, 1.54) is 18.0 Å². The van der Waals surface area contributed by atoms with E-state index in [2.05, 4.69) is 27.6 Å². The topological polar surface area (TPSA) is 92.9 Å². The maximum atomic E-state index is 12.0. The van der Waals surface area contributed by atoms with Gasteiger partial charge in [-0.15, -0.1) is 0 Å². The number of carbonyl (C=O) groups is 1. The second-order valence-electron chi connectivity index (χ2n) is 4.46. The molecule has 0 aliphatic carbocycles. The zero-order valence-corrected chi connectivity index (χ0v) is 11.2. The first kappa shape index (κ1) is 14.0. The van der Waals surface area contributed by atoms with Crippen molar-refractivity contribution in [3.8, 4) is 0 Å². The van der Waals surface area contributed by atoms with E-state index < -0.39 is 0 Å². The molecule has 1 amide bonds. The molecule has 0 bridgehead atoms. The van der Waals surface area contributed by atoms with Crippen molar-refractivity contribution in [2.45, 2.75) is 12.8 Å². The molecule has 2 rings (SSSR count). The Kier molecular flexibility index (Phi) is 4.62. The summed E-state index contributed by atoms with van der Waals surface area (Å²) in [5.41, 5.74) is 3.77. The van der Waals surface area contributed by atoms with Crippen molar-refractivity contribution < 1.29 is 4.79 Å². The van der Waals surface area contributed by atoms with Crippen LogP contribution in [0.4, 0.5) is 5.82 Å². The van der Waals surface area contributed by atoms with Crippen molar-refractivity contribution in [2.75, 3.05) is 12.0 Å². The molecule has 2 aromatic rings. The molecule has 0 saturated carbocycles. The Morgan fingerprint density at radius 2 is 2.05 bits per heavy atom. The number of anilines is 1. The third kappa shape index (κ3) is 3.52. The summed E-state index contributed by atoms with van der Waals surface area (Å²) in [6.45, 7) is 2.59. The number of hydrogen-bond acceptors (Lipinski definition) is 5. The maximum Gasteiger partial charge on any atom is 0.271 e. The minimum atomic E-state index is -0.266. The smallest absolute Gasteiger partial charge is 0.271 e. The lowest BCUT2D eigenvalue weighted by Crippen LogP contribution is -2.28. The fourth-order valence-electron chi connectivity index (χ4n) is 1.78. The van der Waals surface area contributed by atoms with Crippen LogP contribution in [0, 0.1) is 0 Å². The lowest BCUT2D eigenvalue weighted by atomic mass is 10.0. The van der Waals surface area contributed by atoms with Crippen LogP contribution in [-0.2, 0) is 0 Å². The van der Waals surface area contributed by atoms with Crippen LogP contribution in [0.1, 0.15) is 28.9 Å². The number of amides is 1. The zero-order valence-electron chi connectivity index (χ0n) is 11.2. The minimum Gasteiger partial charge on any atom is -0.350 e. The Hall–Kier alpha value is -2.47. The summed E-state index contributed by atoms with van der Waals surface area (Å²) in [5, 5.41) is 2.84. The molecule has 0 radical (unpaired) electrons. The average Bonchev–Trinajstić information content (AvgIpc) is 2.53. The van der Waals surface area contributed by atoms with Crippen molar-refractivity contribution in [1.29, 1.82) is 0 Å².